The molecule has 14 heavy (non-hydrogen) atoms. The lowest BCUT2D eigenvalue weighted by Crippen LogP contribution is -2.12. The first-order chi connectivity index (χ1) is 6.76. The van der Waals surface area contributed by atoms with Gasteiger partial charge in [0.15, 0.2) is 0 Å². The van der Waals surface area contributed by atoms with Gasteiger partial charge in [-0.05, 0) is 24.5 Å². The van der Waals surface area contributed by atoms with Gasteiger partial charge in [0.2, 0.25) is 0 Å². The second kappa shape index (κ2) is 5.63. The molecule has 1 rings (SSSR count). The largest absolute Gasteiger partial charge is 0.384 e. The molecule has 78 valence electrons. The van der Waals surface area contributed by atoms with Crippen molar-refractivity contribution in [2.45, 2.75) is 33.6 Å². The summed E-state index contributed by atoms with van der Waals surface area (Å²) in [5.41, 5.74) is 2.34. The van der Waals surface area contributed by atoms with Crippen LogP contribution in [0.15, 0.2) is 18.5 Å². The van der Waals surface area contributed by atoms with E-state index in [-0.39, 0.29) is 0 Å². The van der Waals surface area contributed by atoms with E-state index in [1.54, 1.807) is 0 Å². The molecule has 1 aromatic rings. The van der Waals surface area contributed by atoms with Crippen LogP contribution in [-0.4, -0.2) is 11.5 Å². The SMILES string of the molecule is CCC(CC)CNc1cncc(C)c1. The van der Waals surface area contributed by atoms with Crippen molar-refractivity contribution >= 4 is 5.69 Å². The van der Waals surface area contributed by atoms with Crippen LogP contribution < -0.4 is 5.32 Å². The molecule has 0 radical (unpaired) electrons. The molecule has 0 saturated carbocycles. The van der Waals surface area contributed by atoms with E-state index in [9.17, 15) is 0 Å². The number of nitrogens with one attached hydrogen (secondary N) is 1. The molecular formula is C12H20N2. The van der Waals surface area contributed by atoms with Crippen LogP contribution >= 0.6 is 0 Å². The van der Waals surface area contributed by atoms with Gasteiger partial charge in [0, 0.05) is 18.9 Å². The van der Waals surface area contributed by atoms with E-state index in [1.807, 2.05) is 12.4 Å². The summed E-state index contributed by atoms with van der Waals surface area (Å²) in [6, 6.07) is 2.13. The Morgan fingerprint density at radius 3 is 2.57 bits per heavy atom. The number of hydrogen-bond acceptors (Lipinski definition) is 2. The molecule has 1 aromatic heterocycles. The molecule has 0 bridgehead atoms. The lowest BCUT2D eigenvalue weighted by atomic mass is 10.0. The zero-order chi connectivity index (χ0) is 10.4. The van der Waals surface area contributed by atoms with Gasteiger partial charge in [-0.15, -0.1) is 0 Å². The van der Waals surface area contributed by atoms with Gasteiger partial charge in [-0.1, -0.05) is 26.7 Å². The quantitative estimate of drug-likeness (QED) is 0.774. The van der Waals surface area contributed by atoms with Crippen LogP contribution in [-0.2, 0) is 0 Å². The number of nitrogens with zero attached hydrogens (tertiary/aromatic N) is 1. The Hall–Kier alpha value is -1.05. The molecule has 0 fully saturated rings. The first-order valence-corrected chi connectivity index (χ1v) is 5.41. The number of rotatable bonds is 5. The molecule has 0 aliphatic heterocycles. The Morgan fingerprint density at radius 1 is 1.29 bits per heavy atom. The summed E-state index contributed by atoms with van der Waals surface area (Å²) in [4.78, 5) is 4.15. The minimum absolute atomic E-state index is 0.774. The van der Waals surface area contributed by atoms with Crippen molar-refractivity contribution in [1.82, 2.24) is 4.98 Å². The molecule has 0 aliphatic carbocycles. The Bertz CT molecular complexity index is 267. The van der Waals surface area contributed by atoms with E-state index in [2.05, 4.69) is 37.1 Å². The monoisotopic (exact) mass is 192 g/mol. The highest BCUT2D eigenvalue weighted by atomic mass is 14.9. The average Bonchev–Trinajstić information content (AvgIpc) is 2.19. The molecule has 0 saturated heterocycles. The van der Waals surface area contributed by atoms with Crippen molar-refractivity contribution in [2.75, 3.05) is 11.9 Å². The van der Waals surface area contributed by atoms with Crippen molar-refractivity contribution in [3.8, 4) is 0 Å². The molecule has 0 aliphatic rings. The number of hydrogen-bond donors (Lipinski definition) is 1. The highest BCUT2D eigenvalue weighted by Crippen LogP contribution is 2.11. The Morgan fingerprint density at radius 2 is 2.00 bits per heavy atom. The topological polar surface area (TPSA) is 24.9 Å². The lowest BCUT2D eigenvalue weighted by Gasteiger charge is -2.14. The Balaban J connectivity index is 2.44. The average molecular weight is 192 g/mol. The number of pyridine rings is 1. The molecule has 1 N–H and O–H groups in total. The summed E-state index contributed by atoms with van der Waals surface area (Å²) in [5, 5.41) is 3.42. The second-order valence-corrected chi connectivity index (χ2v) is 3.81. The standard InChI is InChI=1S/C12H20N2/c1-4-11(5-2)8-14-12-6-10(3)7-13-9-12/h6-7,9,11,14H,4-5,8H2,1-3H3. The van der Waals surface area contributed by atoms with Gasteiger partial charge in [-0.2, -0.15) is 0 Å². The van der Waals surface area contributed by atoms with Gasteiger partial charge in [0.05, 0.1) is 5.69 Å². The van der Waals surface area contributed by atoms with Crippen molar-refractivity contribution in [1.29, 1.82) is 0 Å². The predicted octanol–water partition coefficient (Wildman–Crippen LogP) is 3.24. The first kappa shape index (κ1) is 11.0. The third kappa shape index (κ3) is 3.36. The fourth-order valence-electron chi connectivity index (χ4n) is 1.49. The van der Waals surface area contributed by atoms with Crippen LogP contribution in [0.3, 0.4) is 0 Å². The van der Waals surface area contributed by atoms with Gasteiger partial charge in [0.25, 0.3) is 0 Å². The maximum Gasteiger partial charge on any atom is 0.0529 e. The molecule has 1 heterocycles. The minimum Gasteiger partial charge on any atom is -0.384 e. The van der Waals surface area contributed by atoms with Crippen LogP contribution in [0.1, 0.15) is 32.3 Å². The van der Waals surface area contributed by atoms with Gasteiger partial charge >= 0.3 is 0 Å². The van der Waals surface area contributed by atoms with Crippen LogP contribution in [0, 0.1) is 12.8 Å². The van der Waals surface area contributed by atoms with Crippen molar-refractivity contribution < 1.29 is 0 Å². The van der Waals surface area contributed by atoms with E-state index in [4.69, 9.17) is 0 Å². The maximum atomic E-state index is 4.15. The van der Waals surface area contributed by atoms with E-state index < -0.39 is 0 Å². The number of aromatic nitrogens is 1. The van der Waals surface area contributed by atoms with E-state index in [0.29, 0.717) is 0 Å². The van der Waals surface area contributed by atoms with E-state index >= 15 is 0 Å². The predicted molar refractivity (Wildman–Crippen MR) is 61.5 cm³/mol. The second-order valence-electron chi connectivity index (χ2n) is 3.81. The smallest absolute Gasteiger partial charge is 0.0529 e. The van der Waals surface area contributed by atoms with Crippen LogP contribution in [0.4, 0.5) is 5.69 Å². The zero-order valence-corrected chi connectivity index (χ0v) is 9.38. The third-order valence-electron chi connectivity index (χ3n) is 2.62. The number of aryl methyl sites for hydroxylation is 1. The van der Waals surface area contributed by atoms with E-state index in [1.165, 1.54) is 18.4 Å². The van der Waals surface area contributed by atoms with Crippen molar-refractivity contribution in [2.24, 2.45) is 5.92 Å². The summed E-state index contributed by atoms with van der Waals surface area (Å²) in [6.45, 7) is 7.60. The summed E-state index contributed by atoms with van der Waals surface area (Å²) in [7, 11) is 0. The fraction of sp³-hybridized carbons (Fsp3) is 0.583. The molecular weight excluding hydrogens is 172 g/mol. The van der Waals surface area contributed by atoms with Crippen LogP contribution in [0.2, 0.25) is 0 Å². The first-order valence-electron chi connectivity index (χ1n) is 5.41. The molecule has 2 heteroatoms. The summed E-state index contributed by atoms with van der Waals surface area (Å²) >= 11 is 0. The summed E-state index contributed by atoms with van der Waals surface area (Å²) in [5.74, 6) is 0.774. The van der Waals surface area contributed by atoms with E-state index in [0.717, 1.165) is 18.2 Å². The highest BCUT2D eigenvalue weighted by Gasteiger charge is 2.02. The number of anilines is 1. The third-order valence-corrected chi connectivity index (χ3v) is 2.62. The fourth-order valence-corrected chi connectivity index (χ4v) is 1.49. The van der Waals surface area contributed by atoms with Gasteiger partial charge in [-0.25, -0.2) is 0 Å². The van der Waals surface area contributed by atoms with Gasteiger partial charge in [0.1, 0.15) is 0 Å². The molecule has 0 amide bonds. The van der Waals surface area contributed by atoms with Crippen molar-refractivity contribution in [3.05, 3.63) is 24.0 Å². The molecule has 0 spiro atoms. The Kier molecular flexibility index (Phi) is 4.44. The molecule has 0 unspecified atom stereocenters. The highest BCUT2D eigenvalue weighted by molar-refractivity contribution is 5.42. The molecule has 0 aromatic carbocycles. The van der Waals surface area contributed by atoms with Crippen LogP contribution in [0.5, 0.6) is 0 Å². The molecule has 2 nitrogen and oxygen atoms in total. The van der Waals surface area contributed by atoms with Crippen LogP contribution in [0.25, 0.3) is 0 Å². The normalized spacial score (nSPS) is 10.6. The zero-order valence-electron chi connectivity index (χ0n) is 9.38. The van der Waals surface area contributed by atoms with Crippen molar-refractivity contribution in [3.63, 3.8) is 0 Å². The summed E-state index contributed by atoms with van der Waals surface area (Å²) in [6.07, 6.45) is 6.24. The minimum atomic E-state index is 0.774. The maximum absolute atomic E-state index is 4.15. The Labute approximate surface area is 86.8 Å². The summed E-state index contributed by atoms with van der Waals surface area (Å²) < 4.78 is 0. The van der Waals surface area contributed by atoms with Gasteiger partial charge in [-0.3, -0.25) is 4.98 Å². The molecule has 0 atom stereocenters. The van der Waals surface area contributed by atoms with Gasteiger partial charge < -0.3 is 5.32 Å². The lowest BCUT2D eigenvalue weighted by molar-refractivity contribution is 0.519.